The molecule has 0 saturated carbocycles. The summed E-state index contributed by atoms with van der Waals surface area (Å²) in [5.74, 6) is 0. The van der Waals surface area contributed by atoms with Gasteiger partial charge in [0.2, 0.25) is 0 Å². The Hall–Kier alpha value is -0.460. The van der Waals surface area contributed by atoms with Crippen LogP contribution in [0.1, 0.15) is 9.75 Å². The number of thiophene rings is 1. The average Bonchev–Trinajstić information content (AvgIpc) is 2.30. The van der Waals surface area contributed by atoms with Crippen LogP contribution in [0.2, 0.25) is 0 Å². The summed E-state index contributed by atoms with van der Waals surface area (Å²) in [4.78, 5) is 2.27. The van der Waals surface area contributed by atoms with Gasteiger partial charge in [-0.3, -0.25) is 5.43 Å². The maximum atomic E-state index is 5.19. The fraction of sp³-hybridized carbons (Fsp3) is 0.143. The van der Waals surface area contributed by atoms with E-state index in [1.54, 1.807) is 17.6 Å². The van der Waals surface area contributed by atoms with E-state index in [0.29, 0.717) is 0 Å². The molecule has 0 aliphatic carbocycles. The van der Waals surface area contributed by atoms with Crippen molar-refractivity contribution in [3.8, 4) is 0 Å². The first-order chi connectivity index (χ1) is 6.09. The summed E-state index contributed by atoms with van der Waals surface area (Å²) in [6.07, 6.45) is 1.68. The normalized spacial score (nSPS) is 10.6. The Balaban J connectivity index is 2.64. The lowest BCUT2D eigenvalue weighted by molar-refractivity contribution is 1.04. The summed E-state index contributed by atoms with van der Waals surface area (Å²) in [6, 6.07) is 1.99. The van der Waals surface area contributed by atoms with Gasteiger partial charge >= 0.3 is 0 Å². The van der Waals surface area contributed by atoms with E-state index < -0.39 is 0 Å². The van der Waals surface area contributed by atoms with E-state index in [1.165, 1.54) is 4.88 Å². The number of halogens is 1. The molecule has 0 radical (unpaired) electrons. The molecule has 13 heavy (non-hydrogen) atoms. The van der Waals surface area contributed by atoms with Crippen molar-refractivity contribution in [1.29, 1.82) is 0 Å². The molecule has 0 fully saturated rings. The molecule has 0 unspecified atom stereocenters. The lowest BCUT2D eigenvalue weighted by atomic mass is 10.4. The van der Waals surface area contributed by atoms with E-state index in [4.69, 9.17) is 5.73 Å². The van der Waals surface area contributed by atoms with E-state index in [0.717, 1.165) is 9.35 Å². The number of aryl methyl sites for hydroxylation is 1. The fourth-order valence-electron chi connectivity index (χ4n) is 0.705. The number of thiocarbonyl (C=S) groups is 1. The van der Waals surface area contributed by atoms with Crippen molar-refractivity contribution < 1.29 is 0 Å². The van der Waals surface area contributed by atoms with Crippen LogP contribution in [0, 0.1) is 6.92 Å². The van der Waals surface area contributed by atoms with Crippen molar-refractivity contribution in [3.05, 3.63) is 20.3 Å². The van der Waals surface area contributed by atoms with Crippen molar-refractivity contribution in [2.75, 3.05) is 0 Å². The molecule has 0 bridgehead atoms. The third-order valence-electron chi connectivity index (χ3n) is 1.24. The van der Waals surface area contributed by atoms with Crippen molar-refractivity contribution >= 4 is 50.8 Å². The van der Waals surface area contributed by atoms with Crippen molar-refractivity contribution in [3.63, 3.8) is 0 Å². The Kier molecular flexibility index (Phi) is 3.83. The van der Waals surface area contributed by atoms with E-state index >= 15 is 0 Å². The van der Waals surface area contributed by atoms with Crippen LogP contribution in [-0.4, -0.2) is 11.3 Å². The van der Waals surface area contributed by atoms with Crippen LogP contribution in [0.25, 0.3) is 0 Å². The second-order valence-electron chi connectivity index (χ2n) is 2.29. The summed E-state index contributed by atoms with van der Waals surface area (Å²) in [6.45, 7) is 2.03. The summed E-state index contributed by atoms with van der Waals surface area (Å²) < 4.78 is 1.09. The molecule has 0 saturated heterocycles. The van der Waals surface area contributed by atoms with Gasteiger partial charge in [0.15, 0.2) is 5.11 Å². The molecule has 1 heterocycles. The average molecular weight is 278 g/mol. The first-order valence-corrected chi connectivity index (χ1v) is 5.46. The third kappa shape index (κ3) is 3.41. The predicted octanol–water partition coefficient (Wildman–Crippen LogP) is 1.99. The zero-order valence-corrected chi connectivity index (χ0v) is 10.1. The van der Waals surface area contributed by atoms with Gasteiger partial charge in [0.1, 0.15) is 0 Å². The van der Waals surface area contributed by atoms with E-state index in [1.807, 2.05) is 13.0 Å². The second-order valence-corrected chi connectivity index (χ2v) is 4.87. The predicted molar refractivity (Wildman–Crippen MR) is 64.3 cm³/mol. The zero-order chi connectivity index (χ0) is 9.84. The minimum Gasteiger partial charge on any atom is -0.375 e. The molecule has 3 N–H and O–H groups in total. The minimum absolute atomic E-state index is 0.170. The van der Waals surface area contributed by atoms with Gasteiger partial charge in [0.25, 0.3) is 0 Å². The van der Waals surface area contributed by atoms with Gasteiger partial charge in [0.05, 0.1) is 6.21 Å². The van der Waals surface area contributed by atoms with Gasteiger partial charge in [-0.25, -0.2) is 0 Å². The number of hydrogen-bond donors (Lipinski definition) is 2. The Labute approximate surface area is 94.1 Å². The Morgan fingerprint density at radius 3 is 3.00 bits per heavy atom. The largest absolute Gasteiger partial charge is 0.375 e. The van der Waals surface area contributed by atoms with Gasteiger partial charge in [-0.15, -0.1) is 11.3 Å². The van der Waals surface area contributed by atoms with Gasteiger partial charge in [-0.2, -0.15) is 5.10 Å². The molecule has 0 amide bonds. The number of rotatable bonds is 2. The molecule has 1 aromatic rings. The number of hydrogen-bond acceptors (Lipinski definition) is 3. The third-order valence-corrected chi connectivity index (χ3v) is 3.41. The smallest absolute Gasteiger partial charge is 0.184 e. The molecule has 0 aliphatic rings. The van der Waals surface area contributed by atoms with Crippen LogP contribution < -0.4 is 11.2 Å². The van der Waals surface area contributed by atoms with E-state index in [-0.39, 0.29) is 5.11 Å². The van der Waals surface area contributed by atoms with Crippen LogP contribution in [0.15, 0.2) is 15.6 Å². The maximum Gasteiger partial charge on any atom is 0.184 e. The monoisotopic (exact) mass is 277 g/mol. The molecule has 0 atom stereocenters. The number of nitrogens with two attached hydrogens (primary N) is 1. The van der Waals surface area contributed by atoms with Crippen molar-refractivity contribution in [2.45, 2.75) is 6.92 Å². The highest BCUT2D eigenvalue weighted by Gasteiger charge is 1.99. The van der Waals surface area contributed by atoms with E-state index in [9.17, 15) is 0 Å². The van der Waals surface area contributed by atoms with Crippen molar-refractivity contribution in [2.24, 2.45) is 10.8 Å². The molecular weight excluding hydrogens is 270 g/mol. The summed E-state index contributed by atoms with van der Waals surface area (Å²) in [7, 11) is 0. The van der Waals surface area contributed by atoms with Crippen LogP contribution in [0.4, 0.5) is 0 Å². The number of nitrogens with zero attached hydrogens (tertiary/aromatic N) is 1. The summed E-state index contributed by atoms with van der Waals surface area (Å²) in [5, 5.41) is 4.01. The van der Waals surface area contributed by atoms with Crippen molar-refractivity contribution in [1.82, 2.24) is 5.43 Å². The lowest BCUT2D eigenvalue weighted by Crippen LogP contribution is -2.23. The quantitative estimate of drug-likeness (QED) is 0.494. The van der Waals surface area contributed by atoms with Gasteiger partial charge in [-0.05, 0) is 41.1 Å². The molecular formula is C7H8BrN3S2. The van der Waals surface area contributed by atoms with Crippen LogP contribution in [-0.2, 0) is 0 Å². The van der Waals surface area contributed by atoms with Crippen LogP contribution >= 0.6 is 39.5 Å². The highest BCUT2D eigenvalue weighted by molar-refractivity contribution is 9.10. The summed E-state index contributed by atoms with van der Waals surface area (Å²) >= 11 is 9.65. The van der Waals surface area contributed by atoms with Gasteiger partial charge in [-0.1, -0.05) is 0 Å². The molecule has 1 rings (SSSR count). The maximum absolute atomic E-state index is 5.19. The minimum atomic E-state index is 0.170. The highest BCUT2D eigenvalue weighted by atomic mass is 79.9. The number of hydrazone groups is 1. The standard InChI is InChI=1S/C7H8BrN3S2/c1-4-6(8)2-5(13-4)3-10-11-7(9)12/h2-3H,1H3,(H3,9,11,12). The molecule has 0 aromatic carbocycles. The van der Waals surface area contributed by atoms with Gasteiger partial charge < -0.3 is 5.73 Å². The first kappa shape index (κ1) is 10.6. The Morgan fingerprint density at radius 1 is 1.85 bits per heavy atom. The zero-order valence-electron chi connectivity index (χ0n) is 6.87. The molecule has 6 heteroatoms. The van der Waals surface area contributed by atoms with Crippen LogP contribution in [0.5, 0.6) is 0 Å². The Morgan fingerprint density at radius 2 is 2.54 bits per heavy atom. The molecule has 0 aliphatic heterocycles. The SMILES string of the molecule is Cc1sc(C=NNC(N)=S)cc1Br. The van der Waals surface area contributed by atoms with E-state index in [2.05, 4.69) is 38.7 Å². The van der Waals surface area contributed by atoms with Crippen LogP contribution in [0.3, 0.4) is 0 Å². The topological polar surface area (TPSA) is 50.4 Å². The highest BCUT2D eigenvalue weighted by Crippen LogP contribution is 2.24. The first-order valence-electron chi connectivity index (χ1n) is 3.44. The second kappa shape index (κ2) is 4.69. The lowest BCUT2D eigenvalue weighted by Gasteiger charge is -1.91. The fourth-order valence-corrected chi connectivity index (χ4v) is 2.19. The molecule has 0 spiro atoms. The number of nitrogens with one attached hydrogen (secondary N) is 1. The van der Waals surface area contributed by atoms with Gasteiger partial charge in [0, 0.05) is 14.2 Å². The summed E-state index contributed by atoms with van der Waals surface area (Å²) in [5.41, 5.74) is 7.69. The Bertz CT molecular complexity index is 326. The molecule has 3 nitrogen and oxygen atoms in total. The molecule has 1 aromatic heterocycles. The molecule has 70 valence electrons.